The molecule has 2 aliphatic rings. The average molecular weight is 350 g/mol. The van der Waals surface area contributed by atoms with Crippen LogP contribution in [0.5, 0.6) is 0 Å². The Kier molecular flexibility index (Phi) is 3.97. The van der Waals surface area contributed by atoms with Gasteiger partial charge in [-0.1, -0.05) is 33.8 Å². The third-order valence-corrected chi connectivity index (χ3v) is 6.87. The van der Waals surface area contributed by atoms with Crippen LogP contribution in [0, 0.1) is 22.7 Å². The number of hydrogen-bond acceptors (Lipinski definition) is 1. The molecule has 0 radical (unpaired) electrons. The summed E-state index contributed by atoms with van der Waals surface area (Å²) >= 11 is 3.53. The van der Waals surface area contributed by atoms with Crippen LogP contribution >= 0.6 is 15.9 Å². The molecule has 0 amide bonds. The molecule has 3 unspecified atom stereocenters. The minimum absolute atomic E-state index is 0.491. The van der Waals surface area contributed by atoms with Crippen LogP contribution in [-0.4, -0.2) is 4.98 Å². The molecule has 116 valence electrons. The fraction of sp³-hybridized carbons (Fsp3) is 0.737. The van der Waals surface area contributed by atoms with E-state index in [1.165, 1.54) is 37.8 Å². The number of fused-ring (bicyclic) bond motifs is 1. The highest BCUT2D eigenvalue weighted by molar-refractivity contribution is 9.10. The monoisotopic (exact) mass is 349 g/mol. The SMILES string of the molecule is CC1(C)CCC(C)(C)C2CC(c3cccc(Br)n3)CCC21. The van der Waals surface area contributed by atoms with Crippen LogP contribution < -0.4 is 0 Å². The van der Waals surface area contributed by atoms with Gasteiger partial charge in [-0.05, 0) is 82.8 Å². The van der Waals surface area contributed by atoms with Crippen LogP contribution in [0.1, 0.15) is 71.4 Å². The first-order valence-electron chi connectivity index (χ1n) is 8.42. The minimum Gasteiger partial charge on any atom is -0.246 e. The summed E-state index contributed by atoms with van der Waals surface area (Å²) in [5.74, 6) is 2.39. The van der Waals surface area contributed by atoms with Gasteiger partial charge >= 0.3 is 0 Å². The lowest BCUT2D eigenvalue weighted by Gasteiger charge is -2.56. The third kappa shape index (κ3) is 2.93. The fourth-order valence-corrected chi connectivity index (χ4v) is 5.26. The molecule has 1 heterocycles. The van der Waals surface area contributed by atoms with Gasteiger partial charge in [0.25, 0.3) is 0 Å². The molecule has 3 rings (SSSR count). The summed E-state index contributed by atoms with van der Waals surface area (Å²) in [4.78, 5) is 4.74. The minimum atomic E-state index is 0.491. The first-order valence-corrected chi connectivity index (χ1v) is 9.21. The van der Waals surface area contributed by atoms with Crippen molar-refractivity contribution in [2.45, 2.75) is 65.7 Å². The molecule has 1 aromatic rings. The van der Waals surface area contributed by atoms with Crippen molar-refractivity contribution in [1.82, 2.24) is 4.98 Å². The number of rotatable bonds is 1. The molecular weight excluding hydrogens is 322 g/mol. The first-order chi connectivity index (χ1) is 9.79. The van der Waals surface area contributed by atoms with Gasteiger partial charge in [0.15, 0.2) is 0 Å². The largest absolute Gasteiger partial charge is 0.246 e. The van der Waals surface area contributed by atoms with Crippen molar-refractivity contribution in [3.8, 4) is 0 Å². The molecule has 0 saturated heterocycles. The zero-order valence-electron chi connectivity index (χ0n) is 13.8. The first kappa shape index (κ1) is 15.5. The van der Waals surface area contributed by atoms with Gasteiger partial charge in [0.2, 0.25) is 0 Å². The summed E-state index contributed by atoms with van der Waals surface area (Å²) < 4.78 is 0.977. The lowest BCUT2D eigenvalue weighted by Crippen LogP contribution is -2.47. The van der Waals surface area contributed by atoms with Crippen molar-refractivity contribution in [2.75, 3.05) is 0 Å². The van der Waals surface area contributed by atoms with Crippen LogP contribution in [0.4, 0.5) is 0 Å². The van der Waals surface area contributed by atoms with Crippen molar-refractivity contribution in [1.29, 1.82) is 0 Å². The van der Waals surface area contributed by atoms with Gasteiger partial charge in [0.1, 0.15) is 4.60 Å². The van der Waals surface area contributed by atoms with Gasteiger partial charge in [-0.25, -0.2) is 4.98 Å². The average Bonchev–Trinajstić information content (AvgIpc) is 2.44. The number of pyridine rings is 1. The molecule has 21 heavy (non-hydrogen) atoms. The standard InChI is InChI=1S/C19H28BrN/c1-18(2)10-11-19(3,4)15-12-13(8-9-14(15)18)16-6-5-7-17(20)21-16/h5-7,13-15H,8-12H2,1-4H3. The lowest BCUT2D eigenvalue weighted by molar-refractivity contribution is -0.0501. The van der Waals surface area contributed by atoms with Crippen molar-refractivity contribution >= 4 is 15.9 Å². The third-order valence-electron chi connectivity index (χ3n) is 6.43. The van der Waals surface area contributed by atoms with E-state index in [-0.39, 0.29) is 0 Å². The Morgan fingerprint density at radius 2 is 1.67 bits per heavy atom. The maximum Gasteiger partial charge on any atom is 0.106 e. The molecule has 0 spiro atoms. The molecule has 3 atom stereocenters. The van der Waals surface area contributed by atoms with Gasteiger partial charge < -0.3 is 0 Å². The van der Waals surface area contributed by atoms with Crippen LogP contribution in [-0.2, 0) is 0 Å². The molecule has 0 aromatic carbocycles. The summed E-state index contributed by atoms with van der Waals surface area (Å²) in [7, 11) is 0. The fourth-order valence-electron chi connectivity index (χ4n) is 4.90. The summed E-state index contributed by atoms with van der Waals surface area (Å²) in [6.07, 6.45) is 6.77. The van der Waals surface area contributed by atoms with E-state index >= 15 is 0 Å². The smallest absolute Gasteiger partial charge is 0.106 e. The highest BCUT2D eigenvalue weighted by Crippen LogP contribution is 2.59. The van der Waals surface area contributed by atoms with Crippen molar-refractivity contribution in [3.05, 3.63) is 28.5 Å². The predicted octanol–water partition coefficient (Wildman–Crippen LogP) is 6.19. The molecule has 2 heteroatoms. The summed E-state index contributed by atoms with van der Waals surface area (Å²) in [5.41, 5.74) is 2.31. The van der Waals surface area contributed by atoms with E-state index in [0.29, 0.717) is 16.7 Å². The highest BCUT2D eigenvalue weighted by atomic mass is 79.9. The molecular formula is C19H28BrN. The number of halogens is 1. The van der Waals surface area contributed by atoms with Crippen LogP contribution in [0.2, 0.25) is 0 Å². The topological polar surface area (TPSA) is 12.9 Å². The van der Waals surface area contributed by atoms with Crippen LogP contribution in [0.15, 0.2) is 22.8 Å². The Balaban J connectivity index is 1.85. The van der Waals surface area contributed by atoms with Crippen molar-refractivity contribution < 1.29 is 0 Å². The second-order valence-corrected chi connectivity index (χ2v) is 9.40. The van der Waals surface area contributed by atoms with E-state index in [1.54, 1.807) is 0 Å². The second kappa shape index (κ2) is 5.37. The molecule has 0 N–H and O–H groups in total. The van der Waals surface area contributed by atoms with E-state index in [9.17, 15) is 0 Å². The van der Waals surface area contributed by atoms with Gasteiger partial charge in [-0.15, -0.1) is 0 Å². The highest BCUT2D eigenvalue weighted by Gasteiger charge is 2.49. The van der Waals surface area contributed by atoms with Gasteiger partial charge in [-0.3, -0.25) is 0 Å². The number of nitrogens with zero attached hydrogens (tertiary/aromatic N) is 1. The Labute approximate surface area is 138 Å². The molecule has 2 fully saturated rings. The van der Waals surface area contributed by atoms with E-state index in [0.717, 1.165) is 16.4 Å². The maximum absolute atomic E-state index is 4.74. The van der Waals surface area contributed by atoms with E-state index in [1.807, 2.05) is 6.07 Å². The molecule has 1 aromatic heterocycles. The molecule has 2 aliphatic carbocycles. The molecule has 1 nitrogen and oxygen atoms in total. The Morgan fingerprint density at radius 3 is 2.33 bits per heavy atom. The Hall–Kier alpha value is -0.370. The van der Waals surface area contributed by atoms with Gasteiger partial charge in [0.05, 0.1) is 0 Å². The van der Waals surface area contributed by atoms with Crippen LogP contribution in [0.3, 0.4) is 0 Å². The summed E-state index contributed by atoms with van der Waals surface area (Å²) in [6, 6.07) is 6.38. The Bertz CT molecular complexity index is 520. The van der Waals surface area contributed by atoms with E-state index in [4.69, 9.17) is 4.98 Å². The number of aromatic nitrogens is 1. The van der Waals surface area contributed by atoms with E-state index in [2.05, 4.69) is 55.8 Å². The normalized spacial score (nSPS) is 34.2. The summed E-state index contributed by atoms with van der Waals surface area (Å²) in [6.45, 7) is 9.99. The predicted molar refractivity (Wildman–Crippen MR) is 92.3 cm³/mol. The van der Waals surface area contributed by atoms with Crippen LogP contribution in [0.25, 0.3) is 0 Å². The zero-order chi connectivity index (χ0) is 15.3. The van der Waals surface area contributed by atoms with E-state index < -0.39 is 0 Å². The van der Waals surface area contributed by atoms with Gasteiger partial charge in [0, 0.05) is 11.6 Å². The lowest BCUT2D eigenvalue weighted by atomic mass is 9.49. The van der Waals surface area contributed by atoms with Crippen molar-refractivity contribution in [2.24, 2.45) is 22.7 Å². The van der Waals surface area contributed by atoms with Gasteiger partial charge in [-0.2, -0.15) is 0 Å². The molecule has 2 saturated carbocycles. The zero-order valence-corrected chi connectivity index (χ0v) is 15.4. The summed E-state index contributed by atoms with van der Waals surface area (Å²) in [5, 5.41) is 0. The quantitative estimate of drug-likeness (QED) is 0.550. The maximum atomic E-state index is 4.74. The number of hydrogen-bond donors (Lipinski definition) is 0. The Morgan fingerprint density at radius 1 is 1.00 bits per heavy atom. The molecule has 0 bridgehead atoms. The van der Waals surface area contributed by atoms with Crippen molar-refractivity contribution in [3.63, 3.8) is 0 Å². The molecule has 0 aliphatic heterocycles. The second-order valence-electron chi connectivity index (χ2n) is 8.59.